The third-order valence-corrected chi connectivity index (χ3v) is 6.76. The first-order valence-electron chi connectivity index (χ1n) is 10.3. The second-order valence-electron chi connectivity index (χ2n) is 9.12. The Balaban J connectivity index is 1.67. The Labute approximate surface area is 177 Å². The predicted octanol–water partition coefficient (Wildman–Crippen LogP) is 3.03. The van der Waals surface area contributed by atoms with Crippen LogP contribution in [0.1, 0.15) is 34.1 Å². The summed E-state index contributed by atoms with van der Waals surface area (Å²) in [6.45, 7) is 9.12. The molecular weight excluding hydrogens is 407 g/mol. The number of hydrogen-bond acceptors (Lipinski definition) is 7. The van der Waals surface area contributed by atoms with Gasteiger partial charge in [0.05, 0.1) is 19.3 Å². The molecule has 8 nitrogen and oxygen atoms in total. The SMILES string of the molecule is C[C@H](NP(=O)(OCC1C(=O)C2CCN1C2)Oc1ccccc1)C(=O)OCC(C)(C)C. The van der Waals surface area contributed by atoms with Crippen LogP contribution in [0.25, 0.3) is 0 Å². The van der Waals surface area contributed by atoms with Gasteiger partial charge in [0.25, 0.3) is 0 Å². The van der Waals surface area contributed by atoms with E-state index < -0.39 is 25.8 Å². The molecular formula is C21H31N2O6P. The fourth-order valence-electron chi connectivity index (χ4n) is 3.52. The van der Waals surface area contributed by atoms with Crippen LogP contribution in [0.5, 0.6) is 5.75 Å². The molecule has 0 radical (unpaired) electrons. The normalized spacial score (nSPS) is 26.3. The number of rotatable bonds is 9. The van der Waals surface area contributed by atoms with Gasteiger partial charge in [0.1, 0.15) is 11.8 Å². The second-order valence-corrected chi connectivity index (χ2v) is 10.8. The predicted molar refractivity (Wildman–Crippen MR) is 112 cm³/mol. The first kappa shape index (κ1) is 22.9. The summed E-state index contributed by atoms with van der Waals surface area (Å²) in [5, 5.41) is 2.67. The maximum atomic E-state index is 13.5. The lowest BCUT2D eigenvalue weighted by atomic mass is 9.99. The average molecular weight is 438 g/mol. The molecule has 2 aliphatic rings. The molecule has 2 heterocycles. The van der Waals surface area contributed by atoms with Crippen molar-refractivity contribution in [3.63, 3.8) is 0 Å². The van der Waals surface area contributed by atoms with Crippen LogP contribution in [0.15, 0.2) is 30.3 Å². The van der Waals surface area contributed by atoms with Crippen molar-refractivity contribution in [1.82, 2.24) is 9.99 Å². The van der Waals surface area contributed by atoms with Gasteiger partial charge in [0.15, 0.2) is 5.78 Å². The van der Waals surface area contributed by atoms with Gasteiger partial charge in [-0.2, -0.15) is 5.09 Å². The highest BCUT2D eigenvalue weighted by Gasteiger charge is 2.46. The number of nitrogens with one attached hydrogen (secondary N) is 1. The van der Waals surface area contributed by atoms with Crippen LogP contribution in [0.4, 0.5) is 0 Å². The van der Waals surface area contributed by atoms with E-state index in [0.29, 0.717) is 5.75 Å². The van der Waals surface area contributed by atoms with Gasteiger partial charge >= 0.3 is 13.7 Å². The van der Waals surface area contributed by atoms with E-state index in [9.17, 15) is 14.2 Å². The van der Waals surface area contributed by atoms with Crippen LogP contribution in [0.2, 0.25) is 0 Å². The zero-order valence-electron chi connectivity index (χ0n) is 18.0. The van der Waals surface area contributed by atoms with Crippen LogP contribution in [-0.4, -0.2) is 55.0 Å². The third kappa shape index (κ3) is 5.91. The van der Waals surface area contributed by atoms with Crippen molar-refractivity contribution in [2.24, 2.45) is 11.3 Å². The number of carbonyl (C=O) groups excluding carboxylic acids is 2. The molecule has 5 atom stereocenters. The highest BCUT2D eigenvalue weighted by atomic mass is 31.2. The standard InChI is InChI=1S/C21H31N2O6P/c1-15(20(25)27-14-21(2,3)4)22-30(26,29-17-8-6-5-7-9-17)28-13-18-19(24)16-10-11-23(18)12-16/h5-9,15-16,18H,10-14H2,1-4H3,(H,22,26)/t15-,16?,18?,30?/m0/s1. The van der Waals surface area contributed by atoms with Crippen LogP contribution >= 0.6 is 7.75 Å². The lowest BCUT2D eigenvalue weighted by Crippen LogP contribution is -2.41. The lowest BCUT2D eigenvalue weighted by molar-refractivity contribution is -0.148. The fraction of sp³-hybridized carbons (Fsp3) is 0.619. The molecule has 1 aromatic carbocycles. The number of para-hydroxylation sites is 1. The van der Waals surface area contributed by atoms with Crippen LogP contribution in [-0.2, 0) is 23.4 Å². The molecule has 1 N–H and O–H groups in total. The highest BCUT2D eigenvalue weighted by Crippen LogP contribution is 2.46. The summed E-state index contributed by atoms with van der Waals surface area (Å²) in [6, 6.07) is 7.23. The average Bonchev–Trinajstić information content (AvgIpc) is 3.26. The minimum absolute atomic E-state index is 0.0345. The molecule has 30 heavy (non-hydrogen) atoms. The quantitative estimate of drug-likeness (QED) is 0.465. The van der Waals surface area contributed by atoms with Crippen molar-refractivity contribution in [2.75, 3.05) is 26.3 Å². The van der Waals surface area contributed by atoms with E-state index in [0.717, 1.165) is 19.5 Å². The first-order chi connectivity index (χ1) is 14.1. The van der Waals surface area contributed by atoms with E-state index in [1.807, 2.05) is 25.7 Å². The number of esters is 1. The maximum absolute atomic E-state index is 13.5. The largest absolute Gasteiger partial charge is 0.464 e. The second kappa shape index (κ2) is 9.18. The number of nitrogens with zero attached hydrogens (tertiary/aromatic N) is 1. The van der Waals surface area contributed by atoms with Crippen molar-refractivity contribution >= 4 is 19.5 Å². The topological polar surface area (TPSA) is 94.2 Å². The lowest BCUT2D eigenvalue weighted by Gasteiger charge is -2.27. The fourth-order valence-corrected chi connectivity index (χ4v) is 5.02. The zero-order valence-corrected chi connectivity index (χ0v) is 18.9. The molecule has 9 heteroatoms. The highest BCUT2D eigenvalue weighted by molar-refractivity contribution is 7.52. The molecule has 2 bridgehead atoms. The van der Waals surface area contributed by atoms with Gasteiger partial charge < -0.3 is 9.26 Å². The van der Waals surface area contributed by atoms with Gasteiger partial charge in [-0.1, -0.05) is 39.0 Å². The minimum Gasteiger partial charge on any atom is -0.464 e. The van der Waals surface area contributed by atoms with E-state index in [4.69, 9.17) is 13.8 Å². The molecule has 1 aromatic rings. The number of carbonyl (C=O) groups is 2. The van der Waals surface area contributed by atoms with Crippen LogP contribution in [0, 0.1) is 11.3 Å². The summed E-state index contributed by atoms with van der Waals surface area (Å²) in [6.07, 6.45) is 0.864. The zero-order chi connectivity index (χ0) is 21.9. The molecule has 0 amide bonds. The summed E-state index contributed by atoms with van der Waals surface area (Å²) in [5.41, 5.74) is -0.188. The number of benzene rings is 1. The summed E-state index contributed by atoms with van der Waals surface area (Å²) in [7, 11) is -3.95. The Hall–Kier alpha value is -1.73. The number of ether oxygens (including phenoxy) is 1. The van der Waals surface area contributed by atoms with Gasteiger partial charge in [-0.25, -0.2) is 4.57 Å². The minimum atomic E-state index is -3.95. The van der Waals surface area contributed by atoms with E-state index >= 15 is 0 Å². The molecule has 166 valence electrons. The number of hydrogen-bond donors (Lipinski definition) is 1. The summed E-state index contributed by atoms with van der Waals surface area (Å²) in [5.74, 6) is -0.0641. The number of Topliss-reactive ketones (excluding diaryl/α,β-unsaturated/α-hetero) is 1. The van der Waals surface area contributed by atoms with E-state index in [2.05, 4.69) is 5.09 Å². The number of ketones is 1. The van der Waals surface area contributed by atoms with Gasteiger partial charge in [-0.3, -0.25) is 19.0 Å². The number of fused-ring (bicyclic) bond motifs is 2. The summed E-state index contributed by atoms with van der Waals surface area (Å²) >= 11 is 0. The van der Waals surface area contributed by atoms with E-state index in [1.165, 1.54) is 0 Å². The van der Waals surface area contributed by atoms with E-state index in [1.54, 1.807) is 37.3 Å². The van der Waals surface area contributed by atoms with Crippen molar-refractivity contribution in [1.29, 1.82) is 0 Å². The molecule has 0 saturated carbocycles. The molecule has 4 unspecified atom stereocenters. The molecule has 2 aliphatic heterocycles. The Morgan fingerprint density at radius 1 is 1.30 bits per heavy atom. The van der Waals surface area contributed by atoms with Crippen molar-refractivity contribution in [2.45, 2.75) is 46.2 Å². The van der Waals surface area contributed by atoms with Crippen molar-refractivity contribution < 1.29 is 27.9 Å². The Morgan fingerprint density at radius 2 is 2.00 bits per heavy atom. The Morgan fingerprint density at radius 3 is 2.60 bits per heavy atom. The van der Waals surface area contributed by atoms with Crippen LogP contribution < -0.4 is 9.61 Å². The van der Waals surface area contributed by atoms with Crippen molar-refractivity contribution in [3.8, 4) is 5.75 Å². The van der Waals surface area contributed by atoms with Crippen molar-refractivity contribution in [3.05, 3.63) is 30.3 Å². The molecule has 0 spiro atoms. The third-order valence-electron chi connectivity index (χ3n) is 5.12. The van der Waals surface area contributed by atoms with Gasteiger partial charge in [0.2, 0.25) is 0 Å². The monoisotopic (exact) mass is 438 g/mol. The Bertz CT molecular complexity index is 809. The molecule has 0 aliphatic carbocycles. The summed E-state index contributed by atoms with van der Waals surface area (Å²) in [4.78, 5) is 26.8. The molecule has 0 aromatic heterocycles. The van der Waals surface area contributed by atoms with Gasteiger partial charge in [-0.15, -0.1) is 0 Å². The van der Waals surface area contributed by atoms with Gasteiger partial charge in [-0.05, 0) is 37.4 Å². The van der Waals surface area contributed by atoms with E-state index in [-0.39, 0.29) is 30.3 Å². The molecule has 2 fully saturated rings. The van der Waals surface area contributed by atoms with Gasteiger partial charge in [0, 0.05) is 12.5 Å². The molecule has 2 saturated heterocycles. The van der Waals surface area contributed by atoms with Crippen LogP contribution in [0.3, 0.4) is 0 Å². The summed E-state index contributed by atoms with van der Waals surface area (Å²) < 4.78 is 30.1. The first-order valence-corrected chi connectivity index (χ1v) is 11.8. The Kier molecular flexibility index (Phi) is 7.02. The number of piperidine rings is 1. The molecule has 3 rings (SSSR count). The maximum Gasteiger partial charge on any atom is 0.459 e. The smallest absolute Gasteiger partial charge is 0.459 e.